The third-order valence-electron chi connectivity index (χ3n) is 4.30. The summed E-state index contributed by atoms with van der Waals surface area (Å²) < 4.78 is 22.2. The van der Waals surface area contributed by atoms with Crippen molar-refractivity contribution in [2.24, 2.45) is 0 Å². The van der Waals surface area contributed by atoms with E-state index >= 15 is 0 Å². The topological polar surface area (TPSA) is 75.0 Å². The van der Waals surface area contributed by atoms with Crippen molar-refractivity contribution < 1.29 is 23.4 Å². The molecule has 1 heterocycles. The van der Waals surface area contributed by atoms with Crippen LogP contribution in [0.25, 0.3) is 11.0 Å². The molecule has 4 aromatic rings. The number of hydrogen-bond donors (Lipinski definition) is 0. The van der Waals surface area contributed by atoms with Crippen LogP contribution in [0.1, 0.15) is 17.3 Å². The summed E-state index contributed by atoms with van der Waals surface area (Å²) in [4.78, 5) is 25.0. The number of carbonyl (C=O) groups excluding carboxylic acids is 1. The Morgan fingerprint density at radius 2 is 1.63 bits per heavy atom. The summed E-state index contributed by atoms with van der Waals surface area (Å²) in [6, 6.07) is 20.3. The molecule has 3 aromatic carbocycles. The van der Waals surface area contributed by atoms with Crippen LogP contribution < -0.4 is 19.6 Å². The number of ether oxygens (including phenoxy) is 3. The summed E-state index contributed by atoms with van der Waals surface area (Å²) in [6.07, 6.45) is 1.23. The molecule has 0 N–H and O–H groups in total. The van der Waals surface area contributed by atoms with Crippen molar-refractivity contribution in [3.8, 4) is 23.0 Å². The molecule has 0 aliphatic rings. The first kappa shape index (κ1) is 19.3. The molecule has 0 unspecified atom stereocenters. The van der Waals surface area contributed by atoms with Crippen molar-refractivity contribution in [2.75, 3.05) is 6.61 Å². The number of benzene rings is 3. The van der Waals surface area contributed by atoms with Crippen molar-refractivity contribution in [2.45, 2.75) is 6.92 Å². The molecule has 0 atom stereocenters. The van der Waals surface area contributed by atoms with Gasteiger partial charge < -0.3 is 18.6 Å². The second-order valence-electron chi connectivity index (χ2n) is 6.32. The summed E-state index contributed by atoms with van der Waals surface area (Å²) >= 11 is 0. The van der Waals surface area contributed by atoms with Crippen LogP contribution in [0.4, 0.5) is 0 Å². The van der Waals surface area contributed by atoms with Crippen molar-refractivity contribution in [1.29, 1.82) is 0 Å². The summed E-state index contributed by atoms with van der Waals surface area (Å²) in [5, 5.41) is 0.306. The molecule has 30 heavy (non-hydrogen) atoms. The van der Waals surface area contributed by atoms with Crippen LogP contribution in [0.3, 0.4) is 0 Å². The molecule has 6 nitrogen and oxygen atoms in total. The minimum Gasteiger partial charge on any atom is -0.490 e. The Bertz CT molecular complexity index is 1240. The molecule has 150 valence electrons. The molecule has 6 heteroatoms. The lowest BCUT2D eigenvalue weighted by atomic mass is 10.2. The zero-order valence-corrected chi connectivity index (χ0v) is 16.2. The van der Waals surface area contributed by atoms with Gasteiger partial charge >= 0.3 is 5.97 Å². The van der Waals surface area contributed by atoms with E-state index in [0.29, 0.717) is 29.1 Å². The minimum atomic E-state index is -0.496. The molecule has 0 saturated heterocycles. The van der Waals surface area contributed by atoms with Crippen molar-refractivity contribution in [3.05, 3.63) is 94.8 Å². The standard InChI is InChI=1S/C24H18O6/c1-2-27-19-10-6-7-11-20(19)30-22-15-28-21-14-17(12-13-18(21)23(22)25)29-24(26)16-8-4-3-5-9-16/h3-15H,2H2,1H3. The maximum absolute atomic E-state index is 12.8. The van der Waals surface area contributed by atoms with E-state index < -0.39 is 5.97 Å². The number of esters is 1. The lowest BCUT2D eigenvalue weighted by Gasteiger charge is -2.11. The van der Waals surface area contributed by atoms with Gasteiger partial charge in [-0.25, -0.2) is 4.79 Å². The SMILES string of the molecule is CCOc1ccccc1Oc1coc2cc(OC(=O)c3ccccc3)ccc2c1=O. The zero-order chi connectivity index (χ0) is 20.9. The Morgan fingerprint density at radius 3 is 2.40 bits per heavy atom. The van der Waals surface area contributed by atoms with Crippen LogP contribution in [0.5, 0.6) is 23.0 Å². The zero-order valence-electron chi connectivity index (χ0n) is 16.2. The summed E-state index contributed by atoms with van der Waals surface area (Å²) in [7, 11) is 0. The molecule has 0 radical (unpaired) electrons. The van der Waals surface area contributed by atoms with E-state index in [1.807, 2.05) is 19.1 Å². The van der Waals surface area contributed by atoms with E-state index in [1.54, 1.807) is 42.5 Å². The van der Waals surface area contributed by atoms with Gasteiger partial charge in [-0.2, -0.15) is 0 Å². The van der Waals surface area contributed by atoms with Gasteiger partial charge in [0.25, 0.3) is 0 Å². The van der Waals surface area contributed by atoms with Crippen LogP contribution >= 0.6 is 0 Å². The first-order valence-electron chi connectivity index (χ1n) is 9.38. The van der Waals surface area contributed by atoms with Gasteiger partial charge in [-0.3, -0.25) is 4.79 Å². The van der Waals surface area contributed by atoms with Gasteiger partial charge in [0.2, 0.25) is 11.2 Å². The molecule has 1 aromatic heterocycles. The van der Waals surface area contributed by atoms with Gasteiger partial charge in [0.15, 0.2) is 11.5 Å². The third kappa shape index (κ3) is 4.03. The van der Waals surface area contributed by atoms with E-state index in [-0.39, 0.29) is 22.5 Å². The van der Waals surface area contributed by atoms with Crippen molar-refractivity contribution in [1.82, 2.24) is 0 Å². The van der Waals surface area contributed by atoms with Crippen LogP contribution in [0, 0.1) is 0 Å². The fourth-order valence-corrected chi connectivity index (χ4v) is 2.89. The highest BCUT2D eigenvalue weighted by Crippen LogP contribution is 2.31. The maximum atomic E-state index is 12.8. The van der Waals surface area contributed by atoms with E-state index in [1.165, 1.54) is 24.5 Å². The molecule has 0 aliphatic heterocycles. The number of para-hydroxylation sites is 2. The van der Waals surface area contributed by atoms with Crippen LogP contribution in [0.15, 0.2) is 88.3 Å². The molecule has 0 saturated carbocycles. The van der Waals surface area contributed by atoms with Crippen LogP contribution in [-0.4, -0.2) is 12.6 Å². The van der Waals surface area contributed by atoms with E-state index in [0.717, 1.165) is 0 Å². The average Bonchev–Trinajstić information content (AvgIpc) is 2.78. The largest absolute Gasteiger partial charge is 0.490 e. The predicted octanol–water partition coefficient (Wildman–Crippen LogP) is 5.20. The Morgan fingerprint density at radius 1 is 0.900 bits per heavy atom. The normalized spacial score (nSPS) is 10.6. The number of carbonyl (C=O) groups is 1. The van der Waals surface area contributed by atoms with Gasteiger partial charge in [-0.05, 0) is 43.3 Å². The predicted molar refractivity (Wildman–Crippen MR) is 112 cm³/mol. The third-order valence-corrected chi connectivity index (χ3v) is 4.30. The number of hydrogen-bond acceptors (Lipinski definition) is 6. The fourth-order valence-electron chi connectivity index (χ4n) is 2.89. The molecule has 0 amide bonds. The highest BCUT2D eigenvalue weighted by Gasteiger charge is 2.14. The first-order chi connectivity index (χ1) is 14.7. The lowest BCUT2D eigenvalue weighted by molar-refractivity contribution is 0.0735. The lowest BCUT2D eigenvalue weighted by Crippen LogP contribution is -2.09. The van der Waals surface area contributed by atoms with Gasteiger partial charge in [0, 0.05) is 6.07 Å². The van der Waals surface area contributed by atoms with E-state index in [4.69, 9.17) is 18.6 Å². The maximum Gasteiger partial charge on any atom is 0.343 e. The molecular weight excluding hydrogens is 384 g/mol. The Hall–Kier alpha value is -4.06. The van der Waals surface area contributed by atoms with Gasteiger partial charge in [-0.1, -0.05) is 30.3 Å². The smallest absolute Gasteiger partial charge is 0.343 e. The molecular formula is C24H18O6. The number of rotatable bonds is 6. The highest BCUT2D eigenvalue weighted by atomic mass is 16.5. The molecule has 0 bridgehead atoms. The van der Waals surface area contributed by atoms with E-state index in [2.05, 4.69) is 0 Å². The Labute approximate surface area is 172 Å². The second kappa shape index (κ2) is 8.53. The molecule has 0 spiro atoms. The summed E-state index contributed by atoms with van der Waals surface area (Å²) in [5.41, 5.74) is 0.364. The molecule has 4 rings (SSSR count). The molecule has 0 aliphatic carbocycles. The fraction of sp³-hybridized carbons (Fsp3) is 0.0833. The second-order valence-corrected chi connectivity index (χ2v) is 6.32. The van der Waals surface area contributed by atoms with Crippen LogP contribution in [-0.2, 0) is 0 Å². The quantitative estimate of drug-likeness (QED) is 0.326. The monoisotopic (exact) mass is 402 g/mol. The Kier molecular flexibility index (Phi) is 5.48. The average molecular weight is 402 g/mol. The first-order valence-corrected chi connectivity index (χ1v) is 9.38. The highest BCUT2D eigenvalue weighted by molar-refractivity contribution is 5.91. The summed E-state index contributed by atoms with van der Waals surface area (Å²) in [5.74, 6) is 0.755. The van der Waals surface area contributed by atoms with Crippen molar-refractivity contribution >= 4 is 16.9 Å². The van der Waals surface area contributed by atoms with Crippen molar-refractivity contribution in [3.63, 3.8) is 0 Å². The number of fused-ring (bicyclic) bond motifs is 1. The van der Waals surface area contributed by atoms with Gasteiger partial charge in [0.05, 0.1) is 17.6 Å². The Balaban J connectivity index is 1.60. The molecule has 0 fully saturated rings. The van der Waals surface area contributed by atoms with Gasteiger partial charge in [-0.15, -0.1) is 0 Å². The minimum absolute atomic E-state index is 0.0312. The van der Waals surface area contributed by atoms with E-state index in [9.17, 15) is 9.59 Å². The summed E-state index contributed by atoms with van der Waals surface area (Å²) in [6.45, 7) is 2.33. The van der Waals surface area contributed by atoms with Crippen LogP contribution in [0.2, 0.25) is 0 Å². The van der Waals surface area contributed by atoms with Gasteiger partial charge in [0.1, 0.15) is 17.6 Å².